The van der Waals surface area contributed by atoms with E-state index < -0.39 is 0 Å². The molecule has 0 radical (unpaired) electrons. The van der Waals surface area contributed by atoms with Crippen molar-refractivity contribution in [3.63, 3.8) is 0 Å². The van der Waals surface area contributed by atoms with Gasteiger partial charge >= 0.3 is 0 Å². The number of hydrogen-bond donors (Lipinski definition) is 1. The molecule has 1 amide bonds. The third-order valence-corrected chi connectivity index (χ3v) is 3.81. The maximum Gasteiger partial charge on any atom is 0.229 e. The molecule has 1 fully saturated rings. The van der Waals surface area contributed by atoms with Crippen molar-refractivity contribution in [3.8, 4) is 0 Å². The van der Waals surface area contributed by atoms with E-state index in [0.717, 1.165) is 24.5 Å². The van der Waals surface area contributed by atoms with Crippen LogP contribution in [0.4, 0.5) is 11.6 Å². The van der Waals surface area contributed by atoms with Crippen LogP contribution in [0.3, 0.4) is 0 Å². The van der Waals surface area contributed by atoms with E-state index >= 15 is 0 Å². The van der Waals surface area contributed by atoms with Crippen LogP contribution in [-0.2, 0) is 11.2 Å². The summed E-state index contributed by atoms with van der Waals surface area (Å²) in [5, 5.41) is 2.85. The minimum absolute atomic E-state index is 0.0607. The molecule has 0 aliphatic carbocycles. The predicted octanol–water partition coefficient (Wildman–Crippen LogP) is 2.65. The van der Waals surface area contributed by atoms with Crippen LogP contribution in [0.25, 0.3) is 0 Å². The van der Waals surface area contributed by atoms with Gasteiger partial charge in [0.1, 0.15) is 18.0 Å². The van der Waals surface area contributed by atoms with Gasteiger partial charge in [0.05, 0.1) is 6.42 Å². The standard InChI is InChI=1S/C17H20N4O/c22-17(11-14-7-3-1-4-8-14)20-15-12-16(19-13-18-15)21-9-5-2-6-10-21/h1,3-4,7-8,12-13H,2,5-6,9-11H2,(H,18,19,20,22). The average molecular weight is 296 g/mol. The molecule has 1 aliphatic rings. The Morgan fingerprint density at radius 3 is 2.64 bits per heavy atom. The lowest BCUT2D eigenvalue weighted by atomic mass is 10.1. The van der Waals surface area contributed by atoms with E-state index in [1.165, 1.54) is 25.6 Å². The number of piperidine rings is 1. The van der Waals surface area contributed by atoms with Crippen molar-refractivity contribution in [3.05, 3.63) is 48.3 Å². The fourth-order valence-electron chi connectivity index (χ4n) is 2.68. The lowest BCUT2D eigenvalue weighted by molar-refractivity contribution is -0.115. The molecule has 2 aromatic rings. The number of carbonyl (C=O) groups excluding carboxylic acids is 1. The van der Waals surface area contributed by atoms with Crippen LogP contribution >= 0.6 is 0 Å². The van der Waals surface area contributed by atoms with E-state index in [9.17, 15) is 4.79 Å². The first-order valence-corrected chi connectivity index (χ1v) is 7.72. The van der Waals surface area contributed by atoms with Gasteiger partial charge in [0.15, 0.2) is 0 Å². The Morgan fingerprint density at radius 1 is 1.09 bits per heavy atom. The maximum absolute atomic E-state index is 12.1. The van der Waals surface area contributed by atoms with E-state index in [1.54, 1.807) is 0 Å². The largest absolute Gasteiger partial charge is 0.356 e. The number of amides is 1. The Labute approximate surface area is 130 Å². The Bertz CT molecular complexity index is 624. The van der Waals surface area contributed by atoms with E-state index in [-0.39, 0.29) is 5.91 Å². The van der Waals surface area contributed by atoms with Crippen molar-refractivity contribution in [2.24, 2.45) is 0 Å². The molecule has 0 atom stereocenters. The number of hydrogen-bond acceptors (Lipinski definition) is 4. The quantitative estimate of drug-likeness (QED) is 0.942. The number of benzene rings is 1. The topological polar surface area (TPSA) is 58.1 Å². The summed E-state index contributed by atoms with van der Waals surface area (Å²) in [5.41, 5.74) is 0.991. The molecule has 2 heterocycles. The second-order valence-electron chi connectivity index (χ2n) is 5.52. The molecule has 5 nitrogen and oxygen atoms in total. The molecule has 0 saturated carbocycles. The lowest BCUT2D eigenvalue weighted by Gasteiger charge is -2.27. The van der Waals surface area contributed by atoms with E-state index in [0.29, 0.717) is 12.2 Å². The normalized spacial score (nSPS) is 14.6. The molecule has 1 aromatic heterocycles. The molecule has 114 valence electrons. The van der Waals surface area contributed by atoms with Crippen LogP contribution in [0.2, 0.25) is 0 Å². The van der Waals surface area contributed by atoms with Gasteiger partial charge in [0.25, 0.3) is 0 Å². The molecule has 1 aromatic carbocycles. The Morgan fingerprint density at radius 2 is 1.86 bits per heavy atom. The third-order valence-electron chi connectivity index (χ3n) is 3.81. The SMILES string of the molecule is O=C(Cc1ccccc1)Nc1cc(N2CCCCC2)ncn1. The highest BCUT2D eigenvalue weighted by atomic mass is 16.1. The molecule has 5 heteroatoms. The molecule has 1 N–H and O–H groups in total. The Balaban J connectivity index is 1.63. The van der Waals surface area contributed by atoms with Crippen molar-refractivity contribution in [1.29, 1.82) is 0 Å². The van der Waals surface area contributed by atoms with Gasteiger partial charge in [0.2, 0.25) is 5.91 Å². The van der Waals surface area contributed by atoms with E-state index in [4.69, 9.17) is 0 Å². The van der Waals surface area contributed by atoms with Crippen molar-refractivity contribution in [2.45, 2.75) is 25.7 Å². The first-order valence-electron chi connectivity index (χ1n) is 7.72. The summed E-state index contributed by atoms with van der Waals surface area (Å²) in [5.74, 6) is 1.40. The van der Waals surface area contributed by atoms with Crippen molar-refractivity contribution >= 4 is 17.5 Å². The summed E-state index contributed by atoms with van der Waals surface area (Å²) in [4.78, 5) is 22.8. The highest BCUT2D eigenvalue weighted by Gasteiger charge is 2.13. The van der Waals surface area contributed by atoms with Crippen molar-refractivity contribution in [1.82, 2.24) is 9.97 Å². The second-order valence-corrected chi connectivity index (χ2v) is 5.52. The van der Waals surface area contributed by atoms with Gasteiger partial charge in [-0.2, -0.15) is 0 Å². The second kappa shape index (κ2) is 7.02. The first kappa shape index (κ1) is 14.5. The summed E-state index contributed by atoms with van der Waals surface area (Å²) < 4.78 is 0. The third kappa shape index (κ3) is 3.81. The number of nitrogens with zero attached hydrogens (tertiary/aromatic N) is 3. The van der Waals surface area contributed by atoms with Gasteiger partial charge in [-0.1, -0.05) is 30.3 Å². The zero-order valence-electron chi connectivity index (χ0n) is 12.5. The number of aromatic nitrogens is 2. The zero-order chi connectivity index (χ0) is 15.2. The zero-order valence-corrected chi connectivity index (χ0v) is 12.5. The Kier molecular flexibility index (Phi) is 4.63. The van der Waals surface area contributed by atoms with E-state index in [1.807, 2.05) is 36.4 Å². The highest BCUT2D eigenvalue weighted by Crippen LogP contribution is 2.19. The monoisotopic (exact) mass is 296 g/mol. The fraction of sp³-hybridized carbons (Fsp3) is 0.353. The maximum atomic E-state index is 12.1. The summed E-state index contributed by atoms with van der Waals surface area (Å²) in [6.45, 7) is 2.04. The molecule has 0 bridgehead atoms. The minimum atomic E-state index is -0.0607. The average Bonchev–Trinajstić information content (AvgIpc) is 2.57. The predicted molar refractivity (Wildman–Crippen MR) is 86.9 cm³/mol. The van der Waals surface area contributed by atoms with Gasteiger partial charge in [0, 0.05) is 19.2 Å². The summed E-state index contributed by atoms with van der Waals surface area (Å²) in [7, 11) is 0. The molecule has 3 rings (SSSR count). The van der Waals surface area contributed by atoms with Crippen molar-refractivity contribution in [2.75, 3.05) is 23.3 Å². The minimum Gasteiger partial charge on any atom is -0.356 e. The highest BCUT2D eigenvalue weighted by molar-refractivity contribution is 5.91. The van der Waals surface area contributed by atoms with Crippen LogP contribution in [0.5, 0.6) is 0 Å². The lowest BCUT2D eigenvalue weighted by Crippen LogP contribution is -2.30. The van der Waals surface area contributed by atoms with Crippen LogP contribution in [0.1, 0.15) is 24.8 Å². The van der Waals surface area contributed by atoms with Crippen LogP contribution in [0.15, 0.2) is 42.7 Å². The van der Waals surface area contributed by atoms with Gasteiger partial charge in [-0.3, -0.25) is 4.79 Å². The molecule has 0 unspecified atom stereocenters. The van der Waals surface area contributed by atoms with Gasteiger partial charge < -0.3 is 10.2 Å². The van der Waals surface area contributed by atoms with Gasteiger partial charge in [-0.05, 0) is 24.8 Å². The summed E-state index contributed by atoms with van der Waals surface area (Å²) in [6.07, 6.45) is 5.54. The number of carbonyl (C=O) groups is 1. The van der Waals surface area contributed by atoms with Crippen LogP contribution < -0.4 is 10.2 Å². The molecule has 1 aliphatic heterocycles. The summed E-state index contributed by atoms with van der Waals surface area (Å²) in [6, 6.07) is 11.5. The van der Waals surface area contributed by atoms with Gasteiger partial charge in [-0.25, -0.2) is 9.97 Å². The fourth-order valence-corrected chi connectivity index (χ4v) is 2.68. The van der Waals surface area contributed by atoms with Crippen molar-refractivity contribution < 1.29 is 4.79 Å². The number of anilines is 2. The van der Waals surface area contributed by atoms with Gasteiger partial charge in [-0.15, -0.1) is 0 Å². The number of nitrogens with one attached hydrogen (secondary N) is 1. The molecule has 1 saturated heterocycles. The first-order chi connectivity index (χ1) is 10.8. The molecule has 22 heavy (non-hydrogen) atoms. The summed E-state index contributed by atoms with van der Waals surface area (Å²) >= 11 is 0. The van der Waals surface area contributed by atoms with E-state index in [2.05, 4.69) is 20.2 Å². The smallest absolute Gasteiger partial charge is 0.229 e. The Hall–Kier alpha value is -2.43. The molecular weight excluding hydrogens is 276 g/mol. The molecule has 0 spiro atoms. The molecular formula is C17H20N4O. The van der Waals surface area contributed by atoms with Crippen LogP contribution in [0, 0.1) is 0 Å². The van der Waals surface area contributed by atoms with Crippen LogP contribution in [-0.4, -0.2) is 29.0 Å². The number of rotatable bonds is 4.